The molecule has 5 heteroatoms. The Bertz CT molecular complexity index is 348. The number of aliphatic hydroxyl groups excluding tert-OH is 1. The first-order valence-corrected chi connectivity index (χ1v) is 6.13. The van der Waals surface area contributed by atoms with Crippen LogP contribution in [-0.2, 0) is 0 Å². The third-order valence-electron chi connectivity index (χ3n) is 2.22. The molecule has 0 aliphatic heterocycles. The van der Waals surface area contributed by atoms with E-state index in [1.54, 1.807) is 6.20 Å². The van der Waals surface area contributed by atoms with Crippen molar-refractivity contribution in [2.45, 2.75) is 33.7 Å². The van der Waals surface area contributed by atoms with E-state index in [4.69, 9.17) is 9.84 Å². The van der Waals surface area contributed by atoms with E-state index in [1.165, 1.54) is 0 Å². The van der Waals surface area contributed by atoms with E-state index in [0.717, 1.165) is 10.4 Å². The number of rotatable bonds is 5. The van der Waals surface area contributed by atoms with Gasteiger partial charge in [0.1, 0.15) is 0 Å². The fourth-order valence-electron chi connectivity index (χ4n) is 1.14. The largest absolute Gasteiger partial charge is 0.476 e. The van der Waals surface area contributed by atoms with Gasteiger partial charge in [-0.15, -0.1) is 0 Å². The highest BCUT2D eigenvalue weighted by Gasteiger charge is 2.20. The van der Waals surface area contributed by atoms with Gasteiger partial charge < -0.3 is 9.84 Å². The monoisotopic (exact) mass is 290 g/mol. The molecular weight excluding hydrogens is 272 g/mol. The molecule has 0 spiro atoms. The predicted molar refractivity (Wildman–Crippen MR) is 66.7 cm³/mol. The standard InChI is InChI=1S/C11H19BrN2O2/c1-8(2)14-10(9(12)5-13-14)16-7-11(3,4)6-15/h5,8,15H,6-7H2,1-4H3. The molecule has 1 heterocycles. The van der Waals surface area contributed by atoms with Crippen LogP contribution in [0.4, 0.5) is 0 Å². The van der Waals surface area contributed by atoms with Crippen LogP contribution in [0.2, 0.25) is 0 Å². The maximum absolute atomic E-state index is 9.16. The van der Waals surface area contributed by atoms with E-state index in [0.29, 0.717) is 6.61 Å². The Morgan fingerprint density at radius 1 is 1.56 bits per heavy atom. The summed E-state index contributed by atoms with van der Waals surface area (Å²) in [5, 5.41) is 13.4. The molecule has 1 rings (SSSR count). The van der Waals surface area contributed by atoms with Crippen LogP contribution in [0.5, 0.6) is 5.88 Å². The highest BCUT2D eigenvalue weighted by molar-refractivity contribution is 9.10. The maximum Gasteiger partial charge on any atom is 0.226 e. The number of ether oxygens (including phenoxy) is 1. The van der Waals surface area contributed by atoms with Crippen LogP contribution < -0.4 is 4.74 Å². The predicted octanol–water partition coefficient (Wildman–Crippen LogP) is 2.62. The fraction of sp³-hybridized carbons (Fsp3) is 0.727. The molecule has 92 valence electrons. The second-order valence-electron chi connectivity index (χ2n) is 4.95. The Morgan fingerprint density at radius 2 is 2.19 bits per heavy atom. The van der Waals surface area contributed by atoms with Crippen molar-refractivity contribution in [2.24, 2.45) is 5.41 Å². The van der Waals surface area contributed by atoms with E-state index in [9.17, 15) is 0 Å². The van der Waals surface area contributed by atoms with Crippen LogP contribution in [0, 0.1) is 5.41 Å². The smallest absolute Gasteiger partial charge is 0.226 e. The van der Waals surface area contributed by atoms with Crippen molar-refractivity contribution in [2.75, 3.05) is 13.2 Å². The molecule has 0 unspecified atom stereocenters. The number of hydrogen-bond donors (Lipinski definition) is 1. The van der Waals surface area contributed by atoms with E-state index < -0.39 is 0 Å². The van der Waals surface area contributed by atoms with E-state index >= 15 is 0 Å². The molecule has 0 amide bonds. The van der Waals surface area contributed by atoms with Crippen molar-refractivity contribution in [3.63, 3.8) is 0 Å². The van der Waals surface area contributed by atoms with Crippen LogP contribution >= 0.6 is 15.9 Å². The van der Waals surface area contributed by atoms with Gasteiger partial charge in [0.05, 0.1) is 29.9 Å². The zero-order chi connectivity index (χ0) is 12.3. The first-order valence-electron chi connectivity index (χ1n) is 5.34. The summed E-state index contributed by atoms with van der Waals surface area (Å²) in [6.45, 7) is 8.56. The van der Waals surface area contributed by atoms with E-state index in [2.05, 4.69) is 21.0 Å². The van der Waals surface area contributed by atoms with Gasteiger partial charge in [0.15, 0.2) is 0 Å². The summed E-state index contributed by atoms with van der Waals surface area (Å²) in [6, 6.07) is 0.249. The highest BCUT2D eigenvalue weighted by atomic mass is 79.9. The van der Waals surface area contributed by atoms with Crippen molar-refractivity contribution < 1.29 is 9.84 Å². The van der Waals surface area contributed by atoms with Crippen molar-refractivity contribution >= 4 is 15.9 Å². The number of hydrogen-bond acceptors (Lipinski definition) is 3. The summed E-state index contributed by atoms with van der Waals surface area (Å²) in [6.07, 6.45) is 1.72. The summed E-state index contributed by atoms with van der Waals surface area (Å²) < 4.78 is 8.38. The molecule has 0 bridgehead atoms. The molecule has 0 fully saturated rings. The summed E-state index contributed by atoms with van der Waals surface area (Å²) in [5.74, 6) is 0.719. The number of nitrogens with zero attached hydrogens (tertiary/aromatic N) is 2. The van der Waals surface area contributed by atoms with Gasteiger partial charge in [-0.25, -0.2) is 4.68 Å². The normalized spacial score (nSPS) is 12.2. The van der Waals surface area contributed by atoms with Gasteiger partial charge in [-0.3, -0.25) is 0 Å². The van der Waals surface area contributed by atoms with Gasteiger partial charge in [-0.2, -0.15) is 5.10 Å². The van der Waals surface area contributed by atoms with Crippen molar-refractivity contribution in [1.29, 1.82) is 0 Å². The Labute approximate surface area is 105 Å². The van der Waals surface area contributed by atoms with Crippen LogP contribution in [0.3, 0.4) is 0 Å². The maximum atomic E-state index is 9.16. The van der Waals surface area contributed by atoms with Crippen LogP contribution in [0.15, 0.2) is 10.7 Å². The van der Waals surface area contributed by atoms with Gasteiger partial charge >= 0.3 is 0 Å². The lowest BCUT2D eigenvalue weighted by atomic mass is 9.97. The lowest BCUT2D eigenvalue weighted by Crippen LogP contribution is -2.26. The van der Waals surface area contributed by atoms with Gasteiger partial charge in [-0.1, -0.05) is 13.8 Å². The molecule has 1 N–H and O–H groups in total. The van der Waals surface area contributed by atoms with Gasteiger partial charge in [0.2, 0.25) is 5.88 Å². The van der Waals surface area contributed by atoms with Crippen molar-refractivity contribution in [1.82, 2.24) is 9.78 Å². The third kappa shape index (κ3) is 3.22. The van der Waals surface area contributed by atoms with Crippen LogP contribution in [-0.4, -0.2) is 28.1 Å². The zero-order valence-electron chi connectivity index (χ0n) is 10.2. The number of aliphatic hydroxyl groups is 1. The topological polar surface area (TPSA) is 47.3 Å². The molecule has 0 aromatic carbocycles. The van der Waals surface area contributed by atoms with E-state index in [1.807, 2.05) is 32.4 Å². The minimum Gasteiger partial charge on any atom is -0.476 e. The second-order valence-corrected chi connectivity index (χ2v) is 5.80. The average molecular weight is 291 g/mol. The highest BCUT2D eigenvalue weighted by Crippen LogP contribution is 2.28. The Hall–Kier alpha value is -0.550. The Morgan fingerprint density at radius 3 is 2.69 bits per heavy atom. The average Bonchev–Trinajstić information content (AvgIpc) is 2.57. The Kier molecular flexibility index (Phi) is 4.38. The fourth-order valence-corrected chi connectivity index (χ4v) is 1.53. The van der Waals surface area contributed by atoms with E-state index in [-0.39, 0.29) is 18.1 Å². The van der Waals surface area contributed by atoms with Gasteiger partial charge in [-0.05, 0) is 29.8 Å². The number of halogens is 1. The molecule has 0 aliphatic carbocycles. The lowest BCUT2D eigenvalue weighted by molar-refractivity contribution is 0.0908. The summed E-state index contributed by atoms with van der Waals surface area (Å²) in [7, 11) is 0. The quantitative estimate of drug-likeness (QED) is 0.907. The van der Waals surface area contributed by atoms with Crippen LogP contribution in [0.25, 0.3) is 0 Å². The second kappa shape index (κ2) is 5.19. The van der Waals surface area contributed by atoms with Crippen molar-refractivity contribution in [3.8, 4) is 5.88 Å². The first-order chi connectivity index (χ1) is 7.37. The zero-order valence-corrected chi connectivity index (χ0v) is 11.8. The summed E-state index contributed by atoms with van der Waals surface area (Å²) in [4.78, 5) is 0. The minimum absolute atomic E-state index is 0.0977. The molecule has 16 heavy (non-hydrogen) atoms. The molecule has 4 nitrogen and oxygen atoms in total. The molecule has 0 atom stereocenters. The Balaban J connectivity index is 2.77. The van der Waals surface area contributed by atoms with Gasteiger partial charge in [0.25, 0.3) is 0 Å². The number of aromatic nitrogens is 2. The minimum atomic E-state index is -0.245. The molecule has 1 aromatic heterocycles. The molecule has 0 saturated heterocycles. The molecule has 0 saturated carbocycles. The first kappa shape index (κ1) is 13.5. The summed E-state index contributed by atoms with van der Waals surface area (Å²) >= 11 is 3.40. The molecule has 1 aromatic rings. The molecule has 0 aliphatic rings. The SMILES string of the molecule is CC(C)n1ncc(Br)c1OCC(C)(C)CO. The van der Waals surface area contributed by atoms with Gasteiger partial charge in [0, 0.05) is 5.41 Å². The lowest BCUT2D eigenvalue weighted by Gasteiger charge is -2.22. The third-order valence-corrected chi connectivity index (χ3v) is 2.77. The van der Waals surface area contributed by atoms with Crippen LogP contribution in [0.1, 0.15) is 33.7 Å². The summed E-state index contributed by atoms with van der Waals surface area (Å²) in [5.41, 5.74) is -0.245. The molecular formula is C11H19BrN2O2. The molecule has 0 radical (unpaired) electrons. The van der Waals surface area contributed by atoms with Crippen molar-refractivity contribution in [3.05, 3.63) is 10.7 Å².